The molecule has 2 amide bonds. The van der Waals surface area contributed by atoms with Crippen LogP contribution in [0.3, 0.4) is 0 Å². The number of carbonyl (C=O) groups excluding carboxylic acids is 2. The second kappa shape index (κ2) is 11.0. The summed E-state index contributed by atoms with van der Waals surface area (Å²) in [4.78, 5) is 55.7. The molecule has 2 unspecified atom stereocenters. The number of hydrogen-bond acceptors (Lipinski definition) is 6. The molecular weight excluding hydrogens is 512 g/mol. The first kappa shape index (κ1) is 30.2. The number of aromatic carboxylic acids is 2. The summed E-state index contributed by atoms with van der Waals surface area (Å²) in [7, 11) is 0. The Kier molecular flexibility index (Phi) is 8.33. The van der Waals surface area contributed by atoms with E-state index in [-0.39, 0.29) is 34.8 Å². The number of aryl methyl sites for hydroxylation is 2. The number of nitrogens with zero attached hydrogens (tertiary/aromatic N) is 2. The van der Waals surface area contributed by atoms with Gasteiger partial charge in [-0.3, -0.25) is 19.6 Å². The van der Waals surface area contributed by atoms with Gasteiger partial charge in [-0.25, -0.2) is 9.59 Å². The normalized spacial score (nSPS) is 21.9. The van der Waals surface area contributed by atoms with E-state index in [1.807, 2.05) is 47.6 Å². The minimum Gasteiger partial charge on any atom is -0.478 e. The number of aliphatic imine (C=N–C) groups is 2. The smallest absolute Gasteiger partial charge is 0.336 e. The maximum atomic E-state index is 12.1. The second-order valence-corrected chi connectivity index (χ2v) is 11.1. The van der Waals surface area contributed by atoms with Gasteiger partial charge in [-0.05, 0) is 57.7 Å². The number of amidine groups is 2. The number of carboxylic acid groups (broad SMARTS) is 2. The van der Waals surface area contributed by atoms with Crippen LogP contribution in [-0.2, 0) is 9.59 Å². The van der Waals surface area contributed by atoms with Gasteiger partial charge < -0.3 is 20.8 Å². The summed E-state index contributed by atoms with van der Waals surface area (Å²) in [6.07, 6.45) is 0. The molecule has 4 rings (SSSR count). The van der Waals surface area contributed by atoms with Crippen LogP contribution >= 0.6 is 0 Å². The van der Waals surface area contributed by atoms with Gasteiger partial charge >= 0.3 is 11.9 Å². The molecule has 2 aliphatic rings. The Morgan fingerprint density at radius 1 is 0.700 bits per heavy atom. The predicted octanol–water partition coefficient (Wildman–Crippen LogP) is 3.97. The van der Waals surface area contributed by atoms with Crippen LogP contribution in [0.2, 0.25) is 0 Å². The summed E-state index contributed by atoms with van der Waals surface area (Å²) in [6.45, 7) is 14.9. The fourth-order valence-corrected chi connectivity index (χ4v) is 4.21. The molecule has 0 radical (unpaired) electrons. The lowest BCUT2D eigenvalue weighted by atomic mass is 9.89. The zero-order valence-electron chi connectivity index (χ0n) is 24.0. The van der Waals surface area contributed by atoms with Crippen molar-refractivity contribution in [3.8, 4) is 0 Å². The van der Waals surface area contributed by atoms with Crippen molar-refractivity contribution >= 4 is 35.4 Å². The summed E-state index contributed by atoms with van der Waals surface area (Å²) in [6, 6.07) is 10.1. The van der Waals surface area contributed by atoms with Crippen LogP contribution in [0.4, 0.5) is 0 Å². The van der Waals surface area contributed by atoms with Crippen molar-refractivity contribution in [2.45, 2.75) is 66.5 Å². The molecule has 4 N–H and O–H groups in total. The van der Waals surface area contributed by atoms with E-state index in [1.54, 1.807) is 38.1 Å². The first-order valence-electron chi connectivity index (χ1n) is 13.0. The minimum absolute atomic E-state index is 0.0260. The Hall–Kier alpha value is -4.34. The predicted molar refractivity (Wildman–Crippen MR) is 152 cm³/mol. The molecule has 2 aromatic carbocycles. The van der Waals surface area contributed by atoms with E-state index in [2.05, 4.69) is 20.6 Å². The fraction of sp³-hybridized carbons (Fsp3) is 0.400. The molecular formula is C30H36N4O6. The Morgan fingerprint density at radius 2 is 1.12 bits per heavy atom. The van der Waals surface area contributed by atoms with Crippen molar-refractivity contribution in [2.24, 2.45) is 21.8 Å². The van der Waals surface area contributed by atoms with Gasteiger partial charge in [0.2, 0.25) is 0 Å². The van der Waals surface area contributed by atoms with Crippen LogP contribution in [0.15, 0.2) is 46.4 Å². The Balaban J connectivity index is 0.000000220. The number of benzene rings is 2. The van der Waals surface area contributed by atoms with Gasteiger partial charge in [-0.2, -0.15) is 0 Å². The summed E-state index contributed by atoms with van der Waals surface area (Å²) in [5, 5.41) is 24.0. The molecule has 10 heteroatoms. The number of rotatable bonds is 6. The van der Waals surface area contributed by atoms with E-state index in [9.17, 15) is 29.4 Å². The summed E-state index contributed by atoms with van der Waals surface area (Å²) in [5.74, 6) is -1.72. The SMILES string of the molecule is Cc1ccc(C(=O)O)c(C2=NC(C)(C(C)C)C(=O)N2)c1.Cc1ccc(C2=NC(C)(C(C)C)C(=O)N2)c(C(=O)O)c1. The molecule has 0 saturated carbocycles. The van der Waals surface area contributed by atoms with Crippen LogP contribution in [0, 0.1) is 25.7 Å². The van der Waals surface area contributed by atoms with Gasteiger partial charge in [-0.15, -0.1) is 0 Å². The Bertz CT molecular complexity index is 1460. The standard InChI is InChI=1S/2C15H18N2O3/c1-8(2)15(4)14(20)16-12(17-15)11-7-9(3)5-6-10(11)13(18)19;1-8(2)15(4)14(20)16-12(17-15)10-6-5-9(3)7-11(10)13(18)19/h2*5-8H,1-4H3,(H,18,19)(H,16,17,20). The Labute approximate surface area is 233 Å². The molecule has 2 aromatic rings. The van der Waals surface area contributed by atoms with Gasteiger partial charge in [0.05, 0.1) is 11.1 Å². The second-order valence-electron chi connectivity index (χ2n) is 11.1. The molecule has 0 fully saturated rings. The first-order valence-corrected chi connectivity index (χ1v) is 13.0. The van der Waals surface area contributed by atoms with E-state index < -0.39 is 23.0 Å². The summed E-state index contributed by atoms with van der Waals surface area (Å²) in [5.41, 5.74) is 1.25. The quantitative estimate of drug-likeness (QED) is 0.428. The fourth-order valence-electron chi connectivity index (χ4n) is 4.21. The van der Waals surface area contributed by atoms with Gasteiger partial charge in [-0.1, -0.05) is 57.0 Å². The highest BCUT2D eigenvalue weighted by molar-refractivity contribution is 6.19. The van der Waals surface area contributed by atoms with Crippen LogP contribution in [0.5, 0.6) is 0 Å². The third kappa shape index (κ3) is 5.66. The van der Waals surface area contributed by atoms with E-state index in [0.29, 0.717) is 22.8 Å². The zero-order chi connectivity index (χ0) is 30.2. The van der Waals surface area contributed by atoms with Gasteiger partial charge in [0.1, 0.15) is 22.7 Å². The van der Waals surface area contributed by atoms with Crippen molar-refractivity contribution < 1.29 is 29.4 Å². The van der Waals surface area contributed by atoms with Crippen LogP contribution in [0.1, 0.15) is 84.5 Å². The molecule has 2 aliphatic heterocycles. The molecule has 212 valence electrons. The molecule has 2 heterocycles. The van der Waals surface area contributed by atoms with Crippen molar-refractivity contribution in [1.29, 1.82) is 0 Å². The monoisotopic (exact) mass is 548 g/mol. The maximum absolute atomic E-state index is 12.1. The average Bonchev–Trinajstić information content (AvgIpc) is 3.35. The number of carbonyl (C=O) groups is 4. The van der Waals surface area contributed by atoms with Gasteiger partial charge in [0.15, 0.2) is 0 Å². The lowest BCUT2D eigenvalue weighted by Crippen LogP contribution is -2.41. The lowest BCUT2D eigenvalue weighted by molar-refractivity contribution is -0.125. The van der Waals surface area contributed by atoms with E-state index in [1.165, 1.54) is 6.07 Å². The number of amides is 2. The summed E-state index contributed by atoms with van der Waals surface area (Å²) < 4.78 is 0. The van der Waals surface area contributed by atoms with Crippen molar-refractivity contribution in [3.05, 3.63) is 69.8 Å². The molecule has 0 bridgehead atoms. The highest BCUT2D eigenvalue weighted by Crippen LogP contribution is 2.29. The van der Waals surface area contributed by atoms with E-state index in [0.717, 1.165) is 11.1 Å². The molecule has 2 atom stereocenters. The Morgan fingerprint density at radius 3 is 1.55 bits per heavy atom. The molecule has 10 nitrogen and oxygen atoms in total. The molecule has 0 saturated heterocycles. The molecule has 0 aliphatic carbocycles. The largest absolute Gasteiger partial charge is 0.478 e. The van der Waals surface area contributed by atoms with Crippen molar-refractivity contribution in [1.82, 2.24) is 10.6 Å². The third-order valence-electron chi connectivity index (χ3n) is 7.64. The summed E-state index contributed by atoms with van der Waals surface area (Å²) >= 11 is 0. The highest BCUT2D eigenvalue weighted by Gasteiger charge is 2.43. The number of nitrogens with one attached hydrogen (secondary N) is 2. The van der Waals surface area contributed by atoms with Gasteiger partial charge in [0.25, 0.3) is 11.8 Å². The van der Waals surface area contributed by atoms with Crippen molar-refractivity contribution in [2.75, 3.05) is 0 Å². The third-order valence-corrected chi connectivity index (χ3v) is 7.64. The van der Waals surface area contributed by atoms with Gasteiger partial charge in [0, 0.05) is 11.1 Å². The zero-order valence-corrected chi connectivity index (χ0v) is 24.0. The molecule has 40 heavy (non-hydrogen) atoms. The molecule has 0 spiro atoms. The topological polar surface area (TPSA) is 158 Å². The number of carboxylic acids is 2. The van der Waals surface area contributed by atoms with Crippen LogP contribution < -0.4 is 10.6 Å². The first-order chi connectivity index (χ1) is 18.5. The van der Waals surface area contributed by atoms with Crippen molar-refractivity contribution in [3.63, 3.8) is 0 Å². The average molecular weight is 549 g/mol. The van der Waals surface area contributed by atoms with E-state index in [4.69, 9.17) is 0 Å². The maximum Gasteiger partial charge on any atom is 0.336 e. The molecule has 0 aromatic heterocycles. The van der Waals surface area contributed by atoms with E-state index >= 15 is 0 Å². The van der Waals surface area contributed by atoms with Crippen LogP contribution in [0.25, 0.3) is 0 Å². The lowest BCUT2D eigenvalue weighted by Gasteiger charge is -2.21. The van der Waals surface area contributed by atoms with Crippen LogP contribution in [-0.4, -0.2) is 56.7 Å². The number of hydrogen-bond donors (Lipinski definition) is 4. The highest BCUT2D eigenvalue weighted by atomic mass is 16.4. The minimum atomic E-state index is -1.03.